The summed E-state index contributed by atoms with van der Waals surface area (Å²) in [6.45, 7) is 0. The van der Waals surface area contributed by atoms with Crippen LogP contribution in [0, 0.1) is 5.82 Å². The summed E-state index contributed by atoms with van der Waals surface area (Å²) in [5.74, 6) is -0.749. The number of nitrogens with two attached hydrogens (primary N) is 1. The molecule has 0 aromatic heterocycles. The van der Waals surface area contributed by atoms with Gasteiger partial charge in [-0.2, -0.15) is 0 Å². The molecular weight excluding hydrogens is 311 g/mol. The second-order valence-electron chi connectivity index (χ2n) is 4.41. The number of hydrogen-bond donors (Lipinski definition) is 2. The average Bonchev–Trinajstić information content (AvgIpc) is 2.43. The molecule has 0 aliphatic carbocycles. The van der Waals surface area contributed by atoms with Crippen molar-refractivity contribution in [2.75, 3.05) is 5.32 Å². The number of benzene rings is 2. The van der Waals surface area contributed by atoms with E-state index in [2.05, 4.69) is 5.32 Å². The second-order valence-corrected chi connectivity index (χ2v) is 5.26. The van der Waals surface area contributed by atoms with Gasteiger partial charge in [-0.15, -0.1) is 0 Å². The maximum Gasteiger partial charge on any atom is 0.228 e. The topological polar surface area (TPSA) is 55.1 Å². The van der Waals surface area contributed by atoms with Gasteiger partial charge < -0.3 is 11.1 Å². The molecule has 0 unspecified atom stereocenters. The molecule has 0 aliphatic heterocycles. The van der Waals surface area contributed by atoms with Crippen molar-refractivity contribution in [3.8, 4) is 0 Å². The maximum atomic E-state index is 13.1. The highest BCUT2D eigenvalue weighted by Crippen LogP contribution is 2.22. The molecule has 0 saturated carbocycles. The zero-order chi connectivity index (χ0) is 15.4. The van der Waals surface area contributed by atoms with Crippen LogP contribution in [-0.4, -0.2) is 10.9 Å². The SMILES string of the molecule is NC(=S)c1ccc(CC(=O)Nc2cc(F)ccc2Cl)cc1. The van der Waals surface area contributed by atoms with Gasteiger partial charge in [0.15, 0.2) is 0 Å². The van der Waals surface area contributed by atoms with Crippen LogP contribution in [0.5, 0.6) is 0 Å². The van der Waals surface area contributed by atoms with E-state index < -0.39 is 5.82 Å². The van der Waals surface area contributed by atoms with Crippen LogP contribution in [-0.2, 0) is 11.2 Å². The standard InChI is InChI=1S/C15H12ClFN2OS/c16-12-6-5-11(17)8-13(12)19-14(20)7-9-1-3-10(4-2-9)15(18)21/h1-6,8H,7H2,(H2,18,21)(H,19,20). The normalized spacial score (nSPS) is 10.2. The van der Waals surface area contributed by atoms with Gasteiger partial charge in [0.2, 0.25) is 5.91 Å². The zero-order valence-corrected chi connectivity index (χ0v) is 12.5. The third-order valence-corrected chi connectivity index (χ3v) is 3.37. The predicted molar refractivity (Wildman–Crippen MR) is 86.1 cm³/mol. The van der Waals surface area contributed by atoms with Crippen LogP contribution in [0.15, 0.2) is 42.5 Å². The molecule has 108 valence electrons. The molecule has 6 heteroatoms. The van der Waals surface area contributed by atoms with Crippen LogP contribution in [0.2, 0.25) is 5.02 Å². The molecule has 0 saturated heterocycles. The van der Waals surface area contributed by atoms with E-state index in [1.807, 2.05) is 0 Å². The number of halogens is 2. The molecule has 3 N–H and O–H groups in total. The van der Waals surface area contributed by atoms with Crippen molar-refractivity contribution in [1.82, 2.24) is 0 Å². The minimum Gasteiger partial charge on any atom is -0.389 e. The first-order chi connectivity index (χ1) is 9.95. The highest BCUT2D eigenvalue weighted by Gasteiger charge is 2.08. The molecular formula is C15H12ClFN2OS. The van der Waals surface area contributed by atoms with Gasteiger partial charge in [-0.25, -0.2) is 4.39 Å². The number of anilines is 1. The van der Waals surface area contributed by atoms with Crippen molar-refractivity contribution in [2.45, 2.75) is 6.42 Å². The quantitative estimate of drug-likeness (QED) is 0.849. The summed E-state index contributed by atoms with van der Waals surface area (Å²) in [5.41, 5.74) is 7.28. The summed E-state index contributed by atoms with van der Waals surface area (Å²) in [4.78, 5) is 12.2. The lowest BCUT2D eigenvalue weighted by molar-refractivity contribution is -0.115. The molecule has 0 radical (unpaired) electrons. The molecule has 0 aliphatic rings. The van der Waals surface area contributed by atoms with Gasteiger partial charge in [-0.05, 0) is 23.8 Å². The first kappa shape index (κ1) is 15.4. The predicted octanol–water partition coefficient (Wildman–Crippen LogP) is 3.29. The Balaban J connectivity index is 2.04. The fourth-order valence-corrected chi connectivity index (χ4v) is 2.06. The fourth-order valence-electron chi connectivity index (χ4n) is 1.76. The van der Waals surface area contributed by atoms with Crippen LogP contribution >= 0.6 is 23.8 Å². The van der Waals surface area contributed by atoms with E-state index in [0.717, 1.165) is 11.1 Å². The Hall–Kier alpha value is -1.98. The molecule has 2 rings (SSSR count). The Morgan fingerprint density at radius 3 is 2.52 bits per heavy atom. The highest BCUT2D eigenvalue weighted by atomic mass is 35.5. The van der Waals surface area contributed by atoms with Crippen molar-refractivity contribution in [3.63, 3.8) is 0 Å². The van der Waals surface area contributed by atoms with Crippen LogP contribution in [0.3, 0.4) is 0 Å². The van der Waals surface area contributed by atoms with Crippen molar-refractivity contribution < 1.29 is 9.18 Å². The minimum absolute atomic E-state index is 0.143. The van der Waals surface area contributed by atoms with E-state index in [9.17, 15) is 9.18 Å². The Labute approximate surface area is 131 Å². The number of carbonyl (C=O) groups is 1. The van der Waals surface area contributed by atoms with E-state index in [1.54, 1.807) is 24.3 Å². The minimum atomic E-state index is -0.462. The lowest BCUT2D eigenvalue weighted by atomic mass is 10.1. The number of nitrogens with one attached hydrogen (secondary N) is 1. The highest BCUT2D eigenvalue weighted by molar-refractivity contribution is 7.80. The maximum absolute atomic E-state index is 13.1. The van der Waals surface area contributed by atoms with Crippen LogP contribution in [0.4, 0.5) is 10.1 Å². The Kier molecular flexibility index (Phi) is 4.88. The molecule has 0 spiro atoms. The Morgan fingerprint density at radius 1 is 1.24 bits per heavy atom. The van der Waals surface area contributed by atoms with Crippen molar-refractivity contribution >= 4 is 40.4 Å². The Morgan fingerprint density at radius 2 is 1.90 bits per heavy atom. The summed E-state index contributed by atoms with van der Waals surface area (Å²) in [5, 5.41) is 2.86. The van der Waals surface area contributed by atoms with Gasteiger partial charge in [0.1, 0.15) is 10.8 Å². The second kappa shape index (κ2) is 6.65. The van der Waals surface area contributed by atoms with E-state index in [4.69, 9.17) is 29.6 Å². The zero-order valence-electron chi connectivity index (χ0n) is 10.9. The van der Waals surface area contributed by atoms with Gasteiger partial charge in [-0.3, -0.25) is 4.79 Å². The van der Waals surface area contributed by atoms with Gasteiger partial charge in [0.05, 0.1) is 17.1 Å². The summed E-state index contributed by atoms with van der Waals surface area (Å²) in [6, 6.07) is 10.8. The molecule has 0 atom stereocenters. The largest absolute Gasteiger partial charge is 0.389 e. The summed E-state index contributed by atoms with van der Waals surface area (Å²) in [7, 11) is 0. The van der Waals surface area contributed by atoms with Gasteiger partial charge >= 0.3 is 0 Å². The van der Waals surface area contributed by atoms with Gasteiger partial charge in [0.25, 0.3) is 0 Å². The number of rotatable bonds is 4. The third-order valence-electron chi connectivity index (χ3n) is 2.81. The lowest BCUT2D eigenvalue weighted by Crippen LogP contribution is -2.15. The smallest absolute Gasteiger partial charge is 0.228 e. The fraction of sp³-hybridized carbons (Fsp3) is 0.0667. The van der Waals surface area contributed by atoms with Gasteiger partial charge in [-0.1, -0.05) is 48.1 Å². The molecule has 1 amide bonds. The molecule has 21 heavy (non-hydrogen) atoms. The van der Waals surface area contributed by atoms with Crippen molar-refractivity contribution in [2.24, 2.45) is 5.73 Å². The van der Waals surface area contributed by atoms with E-state index in [0.29, 0.717) is 4.99 Å². The Bertz CT molecular complexity index is 689. The molecule has 0 bridgehead atoms. The average molecular weight is 323 g/mol. The first-order valence-electron chi connectivity index (χ1n) is 6.09. The van der Waals surface area contributed by atoms with Crippen LogP contribution < -0.4 is 11.1 Å². The van der Waals surface area contributed by atoms with E-state index >= 15 is 0 Å². The van der Waals surface area contributed by atoms with Crippen LogP contribution in [0.25, 0.3) is 0 Å². The third kappa shape index (κ3) is 4.24. The lowest BCUT2D eigenvalue weighted by Gasteiger charge is -2.08. The molecule has 0 fully saturated rings. The molecule has 2 aromatic carbocycles. The van der Waals surface area contributed by atoms with Crippen molar-refractivity contribution in [1.29, 1.82) is 0 Å². The molecule has 2 aromatic rings. The van der Waals surface area contributed by atoms with E-state index in [-0.39, 0.29) is 23.0 Å². The monoisotopic (exact) mass is 322 g/mol. The van der Waals surface area contributed by atoms with E-state index in [1.165, 1.54) is 18.2 Å². The number of carbonyl (C=O) groups excluding carboxylic acids is 1. The number of hydrogen-bond acceptors (Lipinski definition) is 2. The van der Waals surface area contributed by atoms with Crippen LogP contribution in [0.1, 0.15) is 11.1 Å². The first-order valence-corrected chi connectivity index (χ1v) is 6.88. The number of amides is 1. The van der Waals surface area contributed by atoms with Crippen molar-refractivity contribution in [3.05, 3.63) is 64.4 Å². The number of thiocarbonyl (C=S) groups is 1. The summed E-state index contributed by atoms with van der Waals surface area (Å²) >= 11 is 10.7. The molecule has 0 heterocycles. The summed E-state index contributed by atoms with van der Waals surface area (Å²) < 4.78 is 13.1. The summed E-state index contributed by atoms with van der Waals surface area (Å²) in [6.07, 6.45) is 0.143. The molecule has 3 nitrogen and oxygen atoms in total. The van der Waals surface area contributed by atoms with Gasteiger partial charge in [0, 0.05) is 5.56 Å².